The molecule has 2 unspecified atom stereocenters. The first-order valence-corrected chi connectivity index (χ1v) is 9.08. The van der Waals surface area contributed by atoms with Crippen LogP contribution < -0.4 is 16.0 Å². The van der Waals surface area contributed by atoms with Gasteiger partial charge in [0.15, 0.2) is 0 Å². The van der Waals surface area contributed by atoms with Gasteiger partial charge in [-0.2, -0.15) is 0 Å². The number of benzene rings is 1. The Morgan fingerprint density at radius 2 is 1.92 bits per heavy atom. The van der Waals surface area contributed by atoms with Crippen molar-refractivity contribution in [3.05, 3.63) is 29.8 Å². The lowest BCUT2D eigenvalue weighted by Crippen LogP contribution is -2.57. The molecule has 6 heteroatoms. The van der Waals surface area contributed by atoms with E-state index in [1.165, 1.54) is 0 Å². The van der Waals surface area contributed by atoms with Gasteiger partial charge in [-0.05, 0) is 50.7 Å². The van der Waals surface area contributed by atoms with Gasteiger partial charge in [-0.25, -0.2) is 0 Å². The number of aryl methyl sites for hydroxylation is 1. The zero-order valence-corrected chi connectivity index (χ0v) is 14.7. The van der Waals surface area contributed by atoms with Gasteiger partial charge in [0.1, 0.15) is 6.04 Å². The number of rotatable bonds is 4. The summed E-state index contributed by atoms with van der Waals surface area (Å²) in [5.41, 5.74) is 8.16. The summed E-state index contributed by atoms with van der Waals surface area (Å²) in [5, 5.41) is 2.88. The lowest BCUT2D eigenvalue weighted by molar-refractivity contribution is -0.130. The van der Waals surface area contributed by atoms with E-state index in [4.69, 9.17) is 10.5 Å². The average molecular weight is 345 g/mol. The number of nitrogens with zero attached hydrogens (tertiary/aromatic N) is 1. The molecule has 3 rings (SSSR count). The second-order valence-corrected chi connectivity index (χ2v) is 7.00. The second-order valence-electron chi connectivity index (χ2n) is 7.00. The zero-order valence-electron chi connectivity index (χ0n) is 14.7. The van der Waals surface area contributed by atoms with E-state index in [0.717, 1.165) is 30.5 Å². The third-order valence-electron chi connectivity index (χ3n) is 5.18. The van der Waals surface area contributed by atoms with Gasteiger partial charge in [0.25, 0.3) is 0 Å². The van der Waals surface area contributed by atoms with Crippen molar-refractivity contribution in [2.45, 2.75) is 44.7 Å². The van der Waals surface area contributed by atoms with E-state index in [2.05, 4.69) is 5.32 Å². The van der Waals surface area contributed by atoms with Gasteiger partial charge in [0, 0.05) is 25.4 Å². The minimum absolute atomic E-state index is 0.0531. The van der Waals surface area contributed by atoms with Crippen LogP contribution in [0.5, 0.6) is 0 Å². The summed E-state index contributed by atoms with van der Waals surface area (Å²) < 4.78 is 5.32. The van der Waals surface area contributed by atoms with E-state index in [-0.39, 0.29) is 17.7 Å². The fourth-order valence-corrected chi connectivity index (χ4v) is 3.55. The Morgan fingerprint density at radius 1 is 1.24 bits per heavy atom. The zero-order chi connectivity index (χ0) is 17.8. The molecule has 2 fully saturated rings. The van der Waals surface area contributed by atoms with Crippen molar-refractivity contribution in [2.24, 2.45) is 11.7 Å². The molecule has 2 amide bonds. The Kier molecular flexibility index (Phi) is 5.71. The van der Waals surface area contributed by atoms with E-state index in [9.17, 15) is 9.59 Å². The van der Waals surface area contributed by atoms with Crippen LogP contribution in [0.4, 0.5) is 5.69 Å². The molecule has 2 heterocycles. The van der Waals surface area contributed by atoms with Crippen molar-refractivity contribution >= 4 is 17.5 Å². The number of piperidine rings is 1. The molecule has 0 aliphatic carbocycles. The first-order chi connectivity index (χ1) is 12.1. The summed E-state index contributed by atoms with van der Waals surface area (Å²) in [5.74, 6) is -0.153. The summed E-state index contributed by atoms with van der Waals surface area (Å²) in [4.78, 5) is 27.0. The smallest absolute Gasteiger partial charge is 0.249 e. The monoisotopic (exact) mass is 345 g/mol. The van der Waals surface area contributed by atoms with Crippen molar-refractivity contribution in [3.63, 3.8) is 0 Å². The third-order valence-corrected chi connectivity index (χ3v) is 5.18. The molecule has 0 aromatic heterocycles. The molecular weight excluding hydrogens is 318 g/mol. The highest BCUT2D eigenvalue weighted by Gasteiger charge is 2.33. The predicted molar refractivity (Wildman–Crippen MR) is 96.2 cm³/mol. The van der Waals surface area contributed by atoms with Crippen LogP contribution in [0.15, 0.2) is 24.3 Å². The van der Waals surface area contributed by atoms with Crippen molar-refractivity contribution in [1.82, 2.24) is 5.32 Å². The summed E-state index contributed by atoms with van der Waals surface area (Å²) in [6.07, 6.45) is 3.11. The highest BCUT2D eigenvalue weighted by molar-refractivity contribution is 6.00. The highest BCUT2D eigenvalue weighted by atomic mass is 16.5. The molecule has 3 N–H and O–H groups in total. The molecule has 2 atom stereocenters. The highest BCUT2D eigenvalue weighted by Crippen LogP contribution is 2.22. The van der Waals surface area contributed by atoms with Crippen LogP contribution in [0.25, 0.3) is 0 Å². The largest absolute Gasteiger partial charge is 0.381 e. The number of nitrogens with one attached hydrogen (secondary N) is 1. The molecule has 136 valence electrons. The lowest BCUT2D eigenvalue weighted by Gasteiger charge is -2.34. The topological polar surface area (TPSA) is 84.7 Å². The maximum Gasteiger partial charge on any atom is 0.249 e. The third kappa shape index (κ3) is 4.19. The number of ether oxygens (including phenoxy) is 1. The maximum atomic E-state index is 12.8. The van der Waals surface area contributed by atoms with Crippen LogP contribution >= 0.6 is 0 Å². The SMILES string of the molecule is Cc1ccc(N2CCCC(NC(=O)C(N)C3CCOCC3)C2=O)cc1. The summed E-state index contributed by atoms with van der Waals surface area (Å²) >= 11 is 0. The van der Waals surface area contributed by atoms with E-state index in [1.54, 1.807) is 4.90 Å². The molecule has 2 aliphatic rings. The number of carbonyl (C=O) groups is 2. The van der Waals surface area contributed by atoms with Gasteiger partial charge in [0.05, 0.1) is 6.04 Å². The number of anilines is 1. The van der Waals surface area contributed by atoms with Crippen LogP contribution in [-0.4, -0.2) is 43.7 Å². The number of hydrogen-bond donors (Lipinski definition) is 2. The van der Waals surface area contributed by atoms with Gasteiger partial charge >= 0.3 is 0 Å². The van der Waals surface area contributed by atoms with Crippen LogP contribution in [0, 0.1) is 12.8 Å². The summed E-state index contributed by atoms with van der Waals surface area (Å²) in [7, 11) is 0. The molecule has 0 bridgehead atoms. The van der Waals surface area contributed by atoms with Crippen LogP contribution in [-0.2, 0) is 14.3 Å². The van der Waals surface area contributed by atoms with Gasteiger partial charge in [-0.15, -0.1) is 0 Å². The van der Waals surface area contributed by atoms with E-state index in [1.807, 2.05) is 31.2 Å². The summed E-state index contributed by atoms with van der Waals surface area (Å²) in [6, 6.07) is 6.81. The molecule has 1 aromatic carbocycles. The van der Waals surface area contributed by atoms with Gasteiger partial charge < -0.3 is 20.7 Å². The predicted octanol–water partition coefficient (Wildman–Crippen LogP) is 1.36. The lowest BCUT2D eigenvalue weighted by atomic mass is 9.91. The minimum atomic E-state index is -0.577. The van der Waals surface area contributed by atoms with E-state index >= 15 is 0 Å². The number of nitrogens with two attached hydrogens (primary N) is 1. The number of amides is 2. The van der Waals surface area contributed by atoms with Gasteiger partial charge in [0.2, 0.25) is 11.8 Å². The van der Waals surface area contributed by atoms with Crippen molar-refractivity contribution in [3.8, 4) is 0 Å². The molecule has 0 saturated carbocycles. The fraction of sp³-hybridized carbons (Fsp3) is 0.579. The van der Waals surface area contributed by atoms with Gasteiger partial charge in [-0.1, -0.05) is 17.7 Å². The van der Waals surface area contributed by atoms with E-state index in [0.29, 0.717) is 26.2 Å². The Morgan fingerprint density at radius 3 is 2.60 bits per heavy atom. The Labute approximate surface area is 148 Å². The second kappa shape index (κ2) is 7.97. The average Bonchev–Trinajstić information content (AvgIpc) is 2.64. The van der Waals surface area contributed by atoms with Crippen LogP contribution in [0.2, 0.25) is 0 Å². The molecule has 0 radical (unpaired) electrons. The molecule has 2 aliphatic heterocycles. The van der Waals surface area contributed by atoms with E-state index < -0.39 is 12.1 Å². The van der Waals surface area contributed by atoms with Crippen molar-refractivity contribution in [2.75, 3.05) is 24.7 Å². The Hall–Kier alpha value is -1.92. The maximum absolute atomic E-state index is 12.8. The first kappa shape index (κ1) is 17.9. The first-order valence-electron chi connectivity index (χ1n) is 9.08. The number of carbonyl (C=O) groups excluding carboxylic acids is 2. The molecule has 1 aromatic rings. The Bertz CT molecular complexity index is 611. The van der Waals surface area contributed by atoms with Crippen molar-refractivity contribution < 1.29 is 14.3 Å². The fourth-order valence-electron chi connectivity index (χ4n) is 3.55. The standard InChI is InChI=1S/C19H27N3O3/c1-13-4-6-15(7-5-13)22-10-2-3-16(19(22)24)21-18(23)17(20)14-8-11-25-12-9-14/h4-7,14,16-17H,2-3,8-12,20H2,1H3,(H,21,23). The van der Waals surface area contributed by atoms with Crippen molar-refractivity contribution in [1.29, 1.82) is 0 Å². The molecule has 6 nitrogen and oxygen atoms in total. The van der Waals surface area contributed by atoms with Gasteiger partial charge in [-0.3, -0.25) is 9.59 Å². The molecular formula is C19H27N3O3. The summed E-state index contributed by atoms with van der Waals surface area (Å²) in [6.45, 7) is 3.99. The molecule has 25 heavy (non-hydrogen) atoms. The minimum Gasteiger partial charge on any atom is -0.381 e. The normalized spacial score (nSPS) is 23.4. The molecule has 0 spiro atoms. The van der Waals surface area contributed by atoms with Crippen LogP contribution in [0.3, 0.4) is 0 Å². The number of hydrogen-bond acceptors (Lipinski definition) is 4. The molecule has 2 saturated heterocycles. The quantitative estimate of drug-likeness (QED) is 0.863. The van der Waals surface area contributed by atoms with Crippen LogP contribution in [0.1, 0.15) is 31.2 Å². The Balaban J connectivity index is 1.62.